The summed E-state index contributed by atoms with van der Waals surface area (Å²) in [6, 6.07) is 0.566. The molecule has 29 heavy (non-hydrogen) atoms. The third-order valence-electron chi connectivity index (χ3n) is 8.72. The molecular weight excluding hydrogens is 358 g/mol. The second kappa shape index (κ2) is 8.89. The number of rotatable bonds is 6. The molecule has 1 aromatic rings. The highest BCUT2D eigenvalue weighted by Gasteiger charge is 2.35. The lowest BCUT2D eigenvalue weighted by Gasteiger charge is -2.32. The summed E-state index contributed by atoms with van der Waals surface area (Å²) in [5, 5.41) is 0. The molecule has 0 aromatic carbocycles. The monoisotopic (exact) mass is 397 g/mol. The van der Waals surface area contributed by atoms with Gasteiger partial charge in [-0.05, 0) is 81.0 Å². The SMILES string of the molecule is CCOc1nc(CC2CCC3CCCC3C2)nc(CC2CCC3CCCC3C2)n1. The van der Waals surface area contributed by atoms with Gasteiger partial charge in [-0.3, -0.25) is 0 Å². The number of aromatic nitrogens is 3. The zero-order valence-corrected chi connectivity index (χ0v) is 18.3. The highest BCUT2D eigenvalue weighted by molar-refractivity contribution is 5.05. The average molecular weight is 398 g/mol. The normalized spacial score (nSPS) is 36.6. The quantitative estimate of drug-likeness (QED) is 0.610. The summed E-state index contributed by atoms with van der Waals surface area (Å²) in [5.74, 6) is 7.49. The van der Waals surface area contributed by atoms with Crippen LogP contribution in [0.5, 0.6) is 6.01 Å². The smallest absolute Gasteiger partial charge is 0.319 e. The van der Waals surface area contributed by atoms with Crippen LogP contribution in [0.1, 0.15) is 95.6 Å². The van der Waals surface area contributed by atoms with Gasteiger partial charge in [0.1, 0.15) is 11.6 Å². The highest BCUT2D eigenvalue weighted by Crippen LogP contribution is 2.46. The van der Waals surface area contributed by atoms with Gasteiger partial charge in [0.05, 0.1) is 6.61 Å². The first-order valence-corrected chi connectivity index (χ1v) is 12.6. The van der Waals surface area contributed by atoms with E-state index in [9.17, 15) is 0 Å². The molecule has 4 heteroatoms. The van der Waals surface area contributed by atoms with Crippen LogP contribution in [-0.4, -0.2) is 21.6 Å². The van der Waals surface area contributed by atoms with E-state index in [0.717, 1.165) is 60.0 Å². The van der Waals surface area contributed by atoms with E-state index in [1.54, 1.807) is 0 Å². The van der Waals surface area contributed by atoms with E-state index in [-0.39, 0.29) is 0 Å². The molecule has 4 aliphatic carbocycles. The lowest BCUT2D eigenvalue weighted by atomic mass is 9.74. The molecule has 4 nitrogen and oxygen atoms in total. The second-order valence-corrected chi connectivity index (χ2v) is 10.6. The van der Waals surface area contributed by atoms with Crippen molar-refractivity contribution in [1.29, 1.82) is 0 Å². The summed E-state index contributed by atoms with van der Waals surface area (Å²) >= 11 is 0. The van der Waals surface area contributed by atoms with Crippen molar-refractivity contribution >= 4 is 0 Å². The van der Waals surface area contributed by atoms with Crippen LogP contribution in [-0.2, 0) is 12.8 Å². The van der Waals surface area contributed by atoms with E-state index in [1.807, 2.05) is 6.92 Å². The van der Waals surface area contributed by atoms with Crippen LogP contribution in [0.3, 0.4) is 0 Å². The van der Waals surface area contributed by atoms with Crippen molar-refractivity contribution in [2.75, 3.05) is 6.61 Å². The van der Waals surface area contributed by atoms with E-state index >= 15 is 0 Å². The molecule has 4 aliphatic rings. The maximum atomic E-state index is 5.74. The number of ether oxygens (including phenoxy) is 1. The summed E-state index contributed by atoms with van der Waals surface area (Å²) in [7, 11) is 0. The van der Waals surface area contributed by atoms with Gasteiger partial charge in [0, 0.05) is 12.8 Å². The van der Waals surface area contributed by atoms with Crippen molar-refractivity contribution in [3.8, 4) is 6.01 Å². The highest BCUT2D eigenvalue weighted by atomic mass is 16.5. The molecule has 6 atom stereocenters. The Kier molecular flexibility index (Phi) is 6.06. The topological polar surface area (TPSA) is 47.9 Å². The number of hydrogen-bond donors (Lipinski definition) is 0. The van der Waals surface area contributed by atoms with Crippen LogP contribution in [0.25, 0.3) is 0 Å². The molecular formula is C25H39N3O. The molecule has 0 amide bonds. The molecule has 0 N–H and O–H groups in total. The molecule has 0 spiro atoms. The van der Waals surface area contributed by atoms with Crippen LogP contribution in [0.2, 0.25) is 0 Å². The van der Waals surface area contributed by atoms with Gasteiger partial charge in [-0.25, -0.2) is 4.98 Å². The van der Waals surface area contributed by atoms with Gasteiger partial charge in [-0.1, -0.05) is 38.5 Å². The van der Waals surface area contributed by atoms with Crippen molar-refractivity contribution < 1.29 is 4.74 Å². The van der Waals surface area contributed by atoms with Gasteiger partial charge >= 0.3 is 6.01 Å². The third-order valence-corrected chi connectivity index (χ3v) is 8.72. The first kappa shape index (κ1) is 19.8. The number of fused-ring (bicyclic) bond motifs is 2. The Balaban J connectivity index is 1.25. The average Bonchev–Trinajstić information content (AvgIpc) is 3.36. The fourth-order valence-electron chi connectivity index (χ4n) is 7.31. The molecule has 1 heterocycles. The van der Waals surface area contributed by atoms with Crippen LogP contribution >= 0.6 is 0 Å². The summed E-state index contributed by atoms with van der Waals surface area (Å²) < 4.78 is 5.74. The standard InChI is InChI=1S/C25H39N3O/c1-2-29-25-27-23(15-17-9-11-19-5-3-7-21(19)13-17)26-24(28-25)16-18-10-12-20-6-4-8-22(20)14-18/h17-22H,2-16H2,1H3. The second-order valence-electron chi connectivity index (χ2n) is 10.6. The minimum atomic E-state index is 0.566. The molecule has 6 unspecified atom stereocenters. The molecule has 160 valence electrons. The predicted molar refractivity (Wildman–Crippen MR) is 115 cm³/mol. The van der Waals surface area contributed by atoms with Gasteiger partial charge in [0.15, 0.2) is 0 Å². The molecule has 4 saturated carbocycles. The molecule has 0 saturated heterocycles. The van der Waals surface area contributed by atoms with Crippen molar-refractivity contribution in [3.63, 3.8) is 0 Å². The molecule has 0 radical (unpaired) electrons. The number of hydrogen-bond acceptors (Lipinski definition) is 4. The van der Waals surface area contributed by atoms with E-state index in [2.05, 4.69) is 0 Å². The molecule has 4 fully saturated rings. The Labute approximate surface area is 176 Å². The first-order valence-electron chi connectivity index (χ1n) is 12.6. The molecule has 0 aliphatic heterocycles. The zero-order valence-electron chi connectivity index (χ0n) is 18.3. The van der Waals surface area contributed by atoms with Gasteiger partial charge in [0.25, 0.3) is 0 Å². The Morgan fingerprint density at radius 2 is 1.17 bits per heavy atom. The van der Waals surface area contributed by atoms with Gasteiger partial charge < -0.3 is 4.74 Å². The Morgan fingerprint density at radius 3 is 1.69 bits per heavy atom. The first-order chi connectivity index (χ1) is 14.3. The minimum Gasteiger partial charge on any atom is -0.464 e. The minimum absolute atomic E-state index is 0.566. The van der Waals surface area contributed by atoms with Gasteiger partial charge in [0.2, 0.25) is 0 Å². The molecule has 1 aromatic heterocycles. The Morgan fingerprint density at radius 1 is 0.655 bits per heavy atom. The fourth-order valence-corrected chi connectivity index (χ4v) is 7.31. The zero-order chi connectivity index (χ0) is 19.6. The summed E-state index contributed by atoms with van der Waals surface area (Å²) in [6.45, 7) is 2.65. The maximum Gasteiger partial charge on any atom is 0.319 e. The lowest BCUT2D eigenvalue weighted by Crippen LogP contribution is -2.24. The van der Waals surface area contributed by atoms with Crippen LogP contribution in [0, 0.1) is 35.5 Å². The van der Waals surface area contributed by atoms with Gasteiger partial charge in [-0.2, -0.15) is 9.97 Å². The van der Waals surface area contributed by atoms with Crippen molar-refractivity contribution in [2.24, 2.45) is 35.5 Å². The van der Waals surface area contributed by atoms with Crippen LogP contribution < -0.4 is 4.74 Å². The van der Waals surface area contributed by atoms with Crippen LogP contribution in [0.15, 0.2) is 0 Å². The van der Waals surface area contributed by atoms with E-state index in [0.29, 0.717) is 12.6 Å². The maximum absolute atomic E-state index is 5.74. The van der Waals surface area contributed by atoms with Crippen molar-refractivity contribution in [1.82, 2.24) is 15.0 Å². The summed E-state index contributed by atoms with van der Waals surface area (Å²) in [6.07, 6.45) is 19.2. The van der Waals surface area contributed by atoms with E-state index < -0.39 is 0 Å². The largest absolute Gasteiger partial charge is 0.464 e. The third kappa shape index (κ3) is 4.61. The fraction of sp³-hybridized carbons (Fsp3) is 0.880. The summed E-state index contributed by atoms with van der Waals surface area (Å²) in [4.78, 5) is 14.4. The Bertz CT molecular complexity index is 640. The van der Waals surface area contributed by atoms with E-state index in [4.69, 9.17) is 19.7 Å². The van der Waals surface area contributed by atoms with Crippen molar-refractivity contribution in [2.45, 2.75) is 96.8 Å². The molecule has 0 bridgehead atoms. The lowest BCUT2D eigenvalue weighted by molar-refractivity contribution is 0.202. The Hall–Kier alpha value is -1.19. The van der Waals surface area contributed by atoms with E-state index in [1.165, 1.54) is 77.0 Å². The summed E-state index contributed by atoms with van der Waals surface area (Å²) in [5.41, 5.74) is 0. The van der Waals surface area contributed by atoms with Crippen LogP contribution in [0.4, 0.5) is 0 Å². The molecule has 5 rings (SSSR count). The predicted octanol–water partition coefficient (Wildman–Crippen LogP) is 5.79. The van der Waals surface area contributed by atoms with Crippen molar-refractivity contribution in [3.05, 3.63) is 11.6 Å². The van der Waals surface area contributed by atoms with Gasteiger partial charge in [-0.15, -0.1) is 0 Å². The number of nitrogens with zero attached hydrogens (tertiary/aromatic N) is 3.